The Labute approximate surface area is 188 Å². The number of methoxy groups -OCH3 is 2. The number of rotatable bonds is 9. The van der Waals surface area contributed by atoms with Gasteiger partial charge in [-0.3, -0.25) is 4.90 Å². The van der Waals surface area contributed by atoms with Gasteiger partial charge in [0.2, 0.25) is 10.0 Å². The summed E-state index contributed by atoms with van der Waals surface area (Å²) in [7, 11) is -0.706. The van der Waals surface area contributed by atoms with Crippen LogP contribution in [-0.2, 0) is 10.0 Å². The van der Waals surface area contributed by atoms with E-state index in [1.807, 2.05) is 11.0 Å². The SMILES string of the molecule is COc1ccc(S(=O)(=O)N2CCN(C[C@@H](O)COc3ccc(C#N)cc3)CC2)cc1OC. The van der Waals surface area contributed by atoms with E-state index in [9.17, 15) is 13.5 Å². The normalized spacial score (nSPS) is 16.2. The van der Waals surface area contributed by atoms with Gasteiger partial charge in [-0.25, -0.2) is 8.42 Å². The van der Waals surface area contributed by atoms with Gasteiger partial charge in [-0.2, -0.15) is 9.57 Å². The first-order chi connectivity index (χ1) is 15.4. The molecule has 10 heteroatoms. The lowest BCUT2D eigenvalue weighted by molar-refractivity contribution is 0.0569. The molecular formula is C22H27N3O6S. The molecule has 0 bridgehead atoms. The molecule has 0 radical (unpaired) electrons. The monoisotopic (exact) mass is 461 g/mol. The van der Waals surface area contributed by atoms with Gasteiger partial charge in [-0.1, -0.05) is 0 Å². The van der Waals surface area contributed by atoms with Crippen LogP contribution in [0.2, 0.25) is 0 Å². The molecule has 2 aromatic rings. The number of hydrogen-bond acceptors (Lipinski definition) is 8. The summed E-state index contributed by atoms with van der Waals surface area (Å²) in [5, 5.41) is 19.1. The fraction of sp³-hybridized carbons (Fsp3) is 0.409. The van der Waals surface area contributed by atoms with Crippen molar-refractivity contribution in [2.75, 3.05) is 53.6 Å². The second-order valence-corrected chi connectivity index (χ2v) is 9.26. The second kappa shape index (κ2) is 10.7. The number of hydrogen-bond donors (Lipinski definition) is 1. The summed E-state index contributed by atoms with van der Waals surface area (Å²) in [6.07, 6.45) is -0.723. The molecular weight excluding hydrogens is 434 g/mol. The molecule has 32 heavy (non-hydrogen) atoms. The molecule has 0 unspecified atom stereocenters. The van der Waals surface area contributed by atoms with E-state index in [0.717, 1.165) is 0 Å². The molecule has 1 aliphatic heterocycles. The van der Waals surface area contributed by atoms with Crippen LogP contribution >= 0.6 is 0 Å². The molecule has 9 nitrogen and oxygen atoms in total. The van der Waals surface area contributed by atoms with Crippen LogP contribution in [0.3, 0.4) is 0 Å². The van der Waals surface area contributed by atoms with Crippen LogP contribution in [0.1, 0.15) is 5.56 Å². The van der Waals surface area contributed by atoms with Gasteiger partial charge in [0.25, 0.3) is 0 Å². The molecule has 0 amide bonds. The maximum absolute atomic E-state index is 13.0. The van der Waals surface area contributed by atoms with Crippen molar-refractivity contribution in [3.8, 4) is 23.3 Å². The first kappa shape index (κ1) is 23.8. The summed E-state index contributed by atoms with van der Waals surface area (Å²) in [5.74, 6) is 1.40. The fourth-order valence-corrected chi connectivity index (χ4v) is 4.89. The molecule has 1 saturated heterocycles. The predicted octanol–water partition coefficient (Wildman–Crippen LogP) is 1.32. The van der Waals surface area contributed by atoms with E-state index >= 15 is 0 Å². The highest BCUT2D eigenvalue weighted by Gasteiger charge is 2.30. The van der Waals surface area contributed by atoms with Gasteiger partial charge in [0.15, 0.2) is 11.5 Å². The summed E-state index contributed by atoms with van der Waals surface area (Å²) in [5.41, 5.74) is 0.541. The quantitative estimate of drug-likeness (QED) is 0.595. The number of nitrogens with zero attached hydrogens (tertiary/aromatic N) is 3. The van der Waals surface area contributed by atoms with E-state index in [4.69, 9.17) is 19.5 Å². The second-order valence-electron chi connectivity index (χ2n) is 7.32. The molecule has 1 N–H and O–H groups in total. The summed E-state index contributed by atoms with van der Waals surface area (Å²) in [6.45, 7) is 2.12. The molecule has 1 fully saturated rings. The van der Waals surface area contributed by atoms with Crippen LogP contribution in [0.25, 0.3) is 0 Å². The standard InChI is InChI=1S/C22H27N3O6S/c1-29-21-8-7-20(13-22(21)30-2)32(27,28)25-11-9-24(10-12-25)15-18(26)16-31-19-5-3-17(14-23)4-6-19/h3-8,13,18,26H,9-12,15-16H2,1-2H3/t18-/m1/s1. The lowest BCUT2D eigenvalue weighted by Gasteiger charge is -2.34. The number of aliphatic hydroxyl groups excluding tert-OH is 1. The molecule has 1 aliphatic rings. The Morgan fingerprint density at radius 2 is 1.69 bits per heavy atom. The Hall–Kier alpha value is -2.84. The number of benzene rings is 2. The van der Waals surface area contributed by atoms with Crippen molar-refractivity contribution in [1.29, 1.82) is 5.26 Å². The van der Waals surface area contributed by atoms with Crippen molar-refractivity contribution in [3.05, 3.63) is 48.0 Å². The first-order valence-corrected chi connectivity index (χ1v) is 11.6. The van der Waals surface area contributed by atoms with Crippen LogP contribution in [0, 0.1) is 11.3 Å². The van der Waals surface area contributed by atoms with Gasteiger partial charge in [0, 0.05) is 38.8 Å². The molecule has 172 valence electrons. The third-order valence-corrected chi connectivity index (χ3v) is 7.11. The van der Waals surface area contributed by atoms with Crippen molar-refractivity contribution < 1.29 is 27.7 Å². The number of ether oxygens (including phenoxy) is 3. The fourth-order valence-electron chi connectivity index (χ4n) is 3.45. The third kappa shape index (κ3) is 5.69. The first-order valence-electron chi connectivity index (χ1n) is 10.1. The highest BCUT2D eigenvalue weighted by Crippen LogP contribution is 2.30. The lowest BCUT2D eigenvalue weighted by Crippen LogP contribution is -2.50. The Bertz CT molecular complexity index is 1040. The lowest BCUT2D eigenvalue weighted by atomic mass is 10.2. The molecule has 1 atom stereocenters. The van der Waals surface area contributed by atoms with Gasteiger partial charge in [0.1, 0.15) is 18.5 Å². The van der Waals surface area contributed by atoms with Gasteiger partial charge >= 0.3 is 0 Å². The van der Waals surface area contributed by atoms with Gasteiger partial charge in [0.05, 0.1) is 30.7 Å². The Morgan fingerprint density at radius 1 is 1.03 bits per heavy atom. The molecule has 3 rings (SSSR count). The Kier molecular flexibility index (Phi) is 7.93. The smallest absolute Gasteiger partial charge is 0.243 e. The number of nitriles is 1. The molecule has 0 aromatic heterocycles. The average Bonchev–Trinajstić information content (AvgIpc) is 2.82. The molecule has 0 aliphatic carbocycles. The van der Waals surface area contributed by atoms with E-state index < -0.39 is 16.1 Å². The van der Waals surface area contributed by atoms with Crippen molar-refractivity contribution >= 4 is 10.0 Å². The Balaban J connectivity index is 1.51. The van der Waals surface area contributed by atoms with E-state index in [1.165, 1.54) is 30.7 Å². The zero-order valence-corrected chi connectivity index (χ0v) is 18.9. The highest BCUT2D eigenvalue weighted by atomic mass is 32.2. The number of aliphatic hydroxyl groups is 1. The van der Waals surface area contributed by atoms with Gasteiger partial charge < -0.3 is 19.3 Å². The Morgan fingerprint density at radius 3 is 2.28 bits per heavy atom. The van der Waals surface area contributed by atoms with Crippen molar-refractivity contribution in [1.82, 2.24) is 9.21 Å². The van der Waals surface area contributed by atoms with Gasteiger partial charge in [-0.05, 0) is 36.4 Å². The zero-order valence-electron chi connectivity index (χ0n) is 18.1. The minimum absolute atomic E-state index is 0.107. The van der Waals surface area contributed by atoms with Crippen molar-refractivity contribution in [2.45, 2.75) is 11.0 Å². The van der Waals surface area contributed by atoms with Crippen molar-refractivity contribution in [2.24, 2.45) is 0 Å². The minimum atomic E-state index is -3.66. The summed E-state index contributed by atoms with van der Waals surface area (Å²) in [4.78, 5) is 2.16. The van der Waals surface area contributed by atoms with Crippen LogP contribution in [0.5, 0.6) is 17.2 Å². The van der Waals surface area contributed by atoms with E-state index in [1.54, 1.807) is 30.3 Å². The maximum Gasteiger partial charge on any atom is 0.243 e. The van der Waals surface area contributed by atoms with E-state index in [2.05, 4.69) is 0 Å². The van der Waals surface area contributed by atoms with Crippen LogP contribution in [0.4, 0.5) is 0 Å². The molecule has 0 saturated carbocycles. The summed E-state index contributed by atoms with van der Waals surface area (Å²) in [6, 6.07) is 13.3. The average molecular weight is 462 g/mol. The third-order valence-electron chi connectivity index (χ3n) is 5.22. The maximum atomic E-state index is 13.0. The molecule has 0 spiro atoms. The highest BCUT2D eigenvalue weighted by molar-refractivity contribution is 7.89. The summed E-state index contributed by atoms with van der Waals surface area (Å²) >= 11 is 0. The summed E-state index contributed by atoms with van der Waals surface area (Å²) < 4.78 is 43.4. The molecule has 1 heterocycles. The predicted molar refractivity (Wildman–Crippen MR) is 117 cm³/mol. The topological polar surface area (TPSA) is 112 Å². The van der Waals surface area contributed by atoms with Crippen LogP contribution < -0.4 is 14.2 Å². The van der Waals surface area contributed by atoms with Crippen LogP contribution in [-0.4, -0.2) is 82.4 Å². The largest absolute Gasteiger partial charge is 0.493 e. The van der Waals surface area contributed by atoms with Crippen LogP contribution in [0.15, 0.2) is 47.4 Å². The van der Waals surface area contributed by atoms with Crippen molar-refractivity contribution in [3.63, 3.8) is 0 Å². The number of β-amino-alcohol motifs (C(OH)–C–C–N with tert-alkyl or cyclic N) is 1. The molecule has 2 aromatic carbocycles. The minimum Gasteiger partial charge on any atom is -0.493 e. The van der Waals surface area contributed by atoms with E-state index in [-0.39, 0.29) is 11.5 Å². The zero-order chi connectivity index (χ0) is 23.1. The van der Waals surface area contributed by atoms with E-state index in [0.29, 0.717) is 55.5 Å². The van der Waals surface area contributed by atoms with Gasteiger partial charge in [-0.15, -0.1) is 0 Å². The number of sulfonamides is 1. The number of piperazine rings is 1.